The Balaban J connectivity index is 1.92. The van der Waals surface area contributed by atoms with E-state index in [0.717, 1.165) is 16.2 Å². The molecule has 0 aliphatic carbocycles. The third kappa shape index (κ3) is 3.81. The van der Waals surface area contributed by atoms with E-state index in [1.54, 1.807) is 12.3 Å². The van der Waals surface area contributed by atoms with Gasteiger partial charge in [-0.1, -0.05) is 6.07 Å². The van der Waals surface area contributed by atoms with Crippen LogP contribution in [-0.2, 0) is 11.3 Å². The number of aryl methyl sites for hydroxylation is 1. The van der Waals surface area contributed by atoms with Crippen molar-refractivity contribution in [3.05, 3.63) is 47.9 Å². The van der Waals surface area contributed by atoms with E-state index in [4.69, 9.17) is 10.2 Å². The summed E-state index contributed by atoms with van der Waals surface area (Å²) in [4.78, 5) is 13.0. The van der Waals surface area contributed by atoms with Crippen molar-refractivity contribution in [2.45, 2.75) is 30.5 Å². The summed E-state index contributed by atoms with van der Waals surface area (Å²) in [5, 5.41) is 2.63. The lowest BCUT2D eigenvalue weighted by Crippen LogP contribution is -2.30. The number of furan rings is 1. The van der Waals surface area contributed by atoms with Gasteiger partial charge >= 0.3 is 0 Å². The van der Waals surface area contributed by atoms with Crippen molar-refractivity contribution in [2.75, 3.05) is 5.73 Å². The largest absolute Gasteiger partial charge is 0.467 e. The van der Waals surface area contributed by atoms with Gasteiger partial charge in [0, 0.05) is 10.6 Å². The maximum Gasteiger partial charge on any atom is 0.233 e. The Morgan fingerprint density at radius 2 is 2.25 bits per heavy atom. The van der Waals surface area contributed by atoms with Crippen LogP contribution in [0.5, 0.6) is 0 Å². The minimum Gasteiger partial charge on any atom is -0.467 e. The van der Waals surface area contributed by atoms with Crippen LogP contribution in [0.2, 0.25) is 0 Å². The van der Waals surface area contributed by atoms with E-state index in [1.807, 2.05) is 38.1 Å². The molecule has 0 aliphatic heterocycles. The fourth-order valence-corrected chi connectivity index (χ4v) is 2.75. The number of thioether (sulfide) groups is 1. The number of nitrogen functional groups attached to an aromatic ring is 1. The van der Waals surface area contributed by atoms with Crippen LogP contribution < -0.4 is 11.1 Å². The van der Waals surface area contributed by atoms with Gasteiger partial charge in [0.25, 0.3) is 0 Å². The number of amides is 1. The number of carbonyl (C=O) groups is 1. The summed E-state index contributed by atoms with van der Waals surface area (Å²) in [6, 6.07) is 9.45. The van der Waals surface area contributed by atoms with Gasteiger partial charge in [0.15, 0.2) is 0 Å². The van der Waals surface area contributed by atoms with Crippen LogP contribution in [0.25, 0.3) is 0 Å². The molecule has 1 aromatic carbocycles. The highest BCUT2D eigenvalue weighted by Gasteiger charge is 2.15. The number of anilines is 1. The standard InChI is InChI=1S/C15H18N2O2S/c1-10-5-6-13(16)14(8-10)20-11(2)15(18)17-9-12-4-3-7-19-12/h3-8,11H,9,16H2,1-2H3,(H,17,18). The molecule has 2 rings (SSSR count). The van der Waals surface area contributed by atoms with Crippen LogP contribution in [0.4, 0.5) is 5.69 Å². The molecule has 5 heteroatoms. The van der Waals surface area contributed by atoms with E-state index in [9.17, 15) is 4.79 Å². The van der Waals surface area contributed by atoms with Gasteiger partial charge in [0.2, 0.25) is 5.91 Å². The molecular weight excluding hydrogens is 272 g/mol. The van der Waals surface area contributed by atoms with Crippen LogP contribution >= 0.6 is 11.8 Å². The number of carbonyl (C=O) groups excluding carboxylic acids is 1. The van der Waals surface area contributed by atoms with E-state index < -0.39 is 0 Å². The third-order valence-electron chi connectivity index (χ3n) is 2.86. The van der Waals surface area contributed by atoms with E-state index >= 15 is 0 Å². The Bertz CT molecular complexity index is 582. The topological polar surface area (TPSA) is 68.3 Å². The summed E-state index contributed by atoms with van der Waals surface area (Å²) in [5.41, 5.74) is 7.75. The number of nitrogens with two attached hydrogens (primary N) is 1. The summed E-state index contributed by atoms with van der Waals surface area (Å²) in [7, 11) is 0. The van der Waals surface area contributed by atoms with Gasteiger partial charge in [-0.15, -0.1) is 11.8 Å². The maximum absolute atomic E-state index is 12.0. The first-order valence-electron chi connectivity index (χ1n) is 6.39. The molecule has 1 unspecified atom stereocenters. The van der Waals surface area contributed by atoms with Crippen molar-refractivity contribution in [1.29, 1.82) is 0 Å². The SMILES string of the molecule is Cc1ccc(N)c(SC(C)C(=O)NCc2ccco2)c1. The average Bonchev–Trinajstić information content (AvgIpc) is 2.93. The van der Waals surface area contributed by atoms with Crippen LogP contribution in [0.15, 0.2) is 45.9 Å². The highest BCUT2D eigenvalue weighted by Crippen LogP contribution is 2.29. The molecule has 0 saturated carbocycles. The molecule has 0 spiro atoms. The molecule has 1 atom stereocenters. The number of nitrogens with one attached hydrogen (secondary N) is 1. The second-order valence-corrected chi connectivity index (χ2v) is 5.98. The summed E-state index contributed by atoms with van der Waals surface area (Å²) in [6.07, 6.45) is 1.59. The van der Waals surface area contributed by atoms with Crippen molar-refractivity contribution >= 4 is 23.4 Å². The lowest BCUT2D eigenvalue weighted by atomic mass is 10.2. The second kappa shape index (κ2) is 6.52. The molecule has 20 heavy (non-hydrogen) atoms. The fourth-order valence-electron chi connectivity index (χ4n) is 1.72. The molecule has 0 radical (unpaired) electrons. The van der Waals surface area contributed by atoms with Crippen LogP contribution in [0.1, 0.15) is 18.2 Å². The molecule has 0 fully saturated rings. The first kappa shape index (κ1) is 14.5. The minimum absolute atomic E-state index is 0.0349. The second-order valence-electron chi connectivity index (χ2n) is 4.60. The van der Waals surface area contributed by atoms with Crippen LogP contribution in [0, 0.1) is 6.92 Å². The zero-order chi connectivity index (χ0) is 14.5. The van der Waals surface area contributed by atoms with Crippen LogP contribution in [0.3, 0.4) is 0 Å². The molecule has 4 nitrogen and oxygen atoms in total. The molecule has 0 aliphatic rings. The average molecular weight is 290 g/mol. The molecule has 1 amide bonds. The normalized spacial score (nSPS) is 12.1. The van der Waals surface area contributed by atoms with Crippen molar-refractivity contribution in [3.8, 4) is 0 Å². The predicted octanol–water partition coefficient (Wildman–Crippen LogP) is 2.97. The van der Waals surface area contributed by atoms with Crippen molar-refractivity contribution in [3.63, 3.8) is 0 Å². The van der Waals surface area contributed by atoms with E-state index in [1.165, 1.54) is 11.8 Å². The van der Waals surface area contributed by atoms with Gasteiger partial charge in [-0.3, -0.25) is 4.79 Å². The van der Waals surface area contributed by atoms with Gasteiger partial charge in [-0.2, -0.15) is 0 Å². The Labute approximate surface area is 122 Å². The van der Waals surface area contributed by atoms with Crippen LogP contribution in [-0.4, -0.2) is 11.2 Å². The smallest absolute Gasteiger partial charge is 0.233 e. The minimum atomic E-state index is -0.214. The lowest BCUT2D eigenvalue weighted by Gasteiger charge is -2.13. The lowest BCUT2D eigenvalue weighted by molar-refractivity contribution is -0.120. The molecule has 1 aromatic heterocycles. The number of benzene rings is 1. The van der Waals surface area contributed by atoms with Gasteiger partial charge in [0.1, 0.15) is 5.76 Å². The Kier molecular flexibility index (Phi) is 4.74. The zero-order valence-electron chi connectivity index (χ0n) is 11.6. The first-order valence-corrected chi connectivity index (χ1v) is 7.27. The van der Waals surface area contributed by atoms with Crippen molar-refractivity contribution in [1.82, 2.24) is 5.32 Å². The maximum atomic E-state index is 12.0. The van der Waals surface area contributed by atoms with Crippen molar-refractivity contribution in [2.24, 2.45) is 0 Å². The van der Waals surface area contributed by atoms with E-state index in [2.05, 4.69) is 5.32 Å². The van der Waals surface area contributed by atoms with E-state index in [0.29, 0.717) is 12.2 Å². The van der Waals surface area contributed by atoms with Crippen molar-refractivity contribution < 1.29 is 9.21 Å². The Morgan fingerprint density at radius 1 is 1.45 bits per heavy atom. The number of hydrogen-bond acceptors (Lipinski definition) is 4. The molecule has 106 valence electrons. The highest BCUT2D eigenvalue weighted by molar-refractivity contribution is 8.00. The highest BCUT2D eigenvalue weighted by atomic mass is 32.2. The number of rotatable bonds is 5. The van der Waals surface area contributed by atoms with Gasteiger partial charge in [0.05, 0.1) is 18.1 Å². The zero-order valence-corrected chi connectivity index (χ0v) is 12.4. The third-order valence-corrected chi connectivity index (χ3v) is 4.03. The van der Waals surface area contributed by atoms with E-state index in [-0.39, 0.29) is 11.2 Å². The van der Waals surface area contributed by atoms with Gasteiger partial charge in [-0.25, -0.2) is 0 Å². The summed E-state index contributed by atoms with van der Waals surface area (Å²) in [5.74, 6) is 0.706. The summed E-state index contributed by atoms with van der Waals surface area (Å²) >= 11 is 1.46. The van der Waals surface area contributed by atoms with Gasteiger partial charge in [-0.05, 0) is 43.7 Å². The monoisotopic (exact) mass is 290 g/mol. The summed E-state index contributed by atoms with van der Waals surface area (Å²) < 4.78 is 5.18. The number of hydrogen-bond donors (Lipinski definition) is 2. The molecular formula is C15H18N2O2S. The molecule has 0 saturated heterocycles. The Hall–Kier alpha value is -1.88. The Morgan fingerprint density at radius 3 is 2.95 bits per heavy atom. The molecule has 3 N–H and O–H groups in total. The molecule has 1 heterocycles. The fraction of sp³-hybridized carbons (Fsp3) is 0.267. The van der Waals surface area contributed by atoms with Gasteiger partial charge < -0.3 is 15.5 Å². The molecule has 0 bridgehead atoms. The predicted molar refractivity (Wildman–Crippen MR) is 81.5 cm³/mol. The quantitative estimate of drug-likeness (QED) is 0.656. The first-order chi connectivity index (χ1) is 9.56. The summed E-state index contributed by atoms with van der Waals surface area (Å²) in [6.45, 7) is 4.27. The molecule has 2 aromatic rings.